The molecule has 210 valence electrons. The Kier molecular flexibility index (Phi) is 6.85. The fourth-order valence-electron chi connectivity index (χ4n) is 5.64. The molecule has 0 radical (unpaired) electrons. The summed E-state index contributed by atoms with van der Waals surface area (Å²) in [5.41, 5.74) is 4.04. The fourth-order valence-corrected chi connectivity index (χ4v) is 5.64. The summed E-state index contributed by atoms with van der Waals surface area (Å²) in [4.78, 5) is 40.1. The molecule has 3 aliphatic heterocycles. The van der Waals surface area contributed by atoms with Gasteiger partial charge in [0, 0.05) is 70.9 Å². The van der Waals surface area contributed by atoms with Crippen LogP contribution in [0.15, 0.2) is 24.4 Å². The largest absolute Gasteiger partial charge is 0.487 e. The first kappa shape index (κ1) is 26.1. The molecule has 0 aliphatic carbocycles. The number of amides is 2. The van der Waals surface area contributed by atoms with Gasteiger partial charge in [0.05, 0.1) is 42.9 Å². The maximum atomic E-state index is 14.2. The normalized spacial score (nSPS) is 17.4. The van der Waals surface area contributed by atoms with Crippen molar-refractivity contribution in [2.24, 2.45) is 0 Å². The number of piperidine rings is 1. The van der Waals surface area contributed by atoms with Crippen molar-refractivity contribution in [2.75, 3.05) is 31.1 Å². The van der Waals surface area contributed by atoms with Gasteiger partial charge in [0.2, 0.25) is 11.8 Å². The number of benzene rings is 1. The Balaban J connectivity index is 1.31. The first-order valence-electron chi connectivity index (χ1n) is 13.6. The molecule has 1 saturated heterocycles. The molecule has 6 rings (SSSR count). The lowest BCUT2D eigenvalue weighted by molar-refractivity contribution is -0.130. The van der Waals surface area contributed by atoms with E-state index in [4.69, 9.17) is 14.7 Å². The number of rotatable bonds is 4. The number of aromatic nitrogens is 4. The molecule has 0 saturated carbocycles. The Morgan fingerprint density at radius 2 is 1.68 bits per heavy atom. The Hall–Kier alpha value is -4.09. The zero-order chi connectivity index (χ0) is 28.0. The summed E-state index contributed by atoms with van der Waals surface area (Å²) >= 11 is 0. The van der Waals surface area contributed by atoms with Crippen LogP contribution in [0.25, 0.3) is 11.3 Å². The van der Waals surface area contributed by atoms with Crippen LogP contribution in [0.2, 0.25) is 0 Å². The number of anilines is 1. The van der Waals surface area contributed by atoms with Gasteiger partial charge in [-0.2, -0.15) is 5.10 Å². The van der Waals surface area contributed by atoms with Crippen molar-refractivity contribution in [3.8, 4) is 17.0 Å². The number of carbonyl (C=O) groups is 2. The summed E-state index contributed by atoms with van der Waals surface area (Å²) in [7, 11) is 0. The summed E-state index contributed by atoms with van der Waals surface area (Å²) < 4.78 is 35.3. The van der Waals surface area contributed by atoms with Gasteiger partial charge in [-0.05, 0) is 12.1 Å². The van der Waals surface area contributed by atoms with Crippen LogP contribution in [0, 0.1) is 11.6 Å². The first-order chi connectivity index (χ1) is 19.3. The van der Waals surface area contributed by atoms with E-state index in [2.05, 4.69) is 10.00 Å². The van der Waals surface area contributed by atoms with Gasteiger partial charge >= 0.3 is 0 Å². The van der Waals surface area contributed by atoms with Crippen molar-refractivity contribution < 1.29 is 23.1 Å². The third-order valence-electron chi connectivity index (χ3n) is 7.94. The van der Waals surface area contributed by atoms with Gasteiger partial charge in [-0.3, -0.25) is 14.3 Å². The quantitative estimate of drug-likeness (QED) is 0.492. The van der Waals surface area contributed by atoms with Crippen LogP contribution in [0.3, 0.4) is 0 Å². The van der Waals surface area contributed by atoms with E-state index in [1.165, 1.54) is 12.1 Å². The number of carbonyl (C=O) groups excluding carboxylic acids is 2. The molecule has 2 aromatic heterocycles. The highest BCUT2D eigenvalue weighted by atomic mass is 19.1. The summed E-state index contributed by atoms with van der Waals surface area (Å²) in [6.45, 7) is 6.96. The van der Waals surface area contributed by atoms with Crippen LogP contribution >= 0.6 is 0 Å². The molecule has 3 aliphatic rings. The van der Waals surface area contributed by atoms with Crippen LogP contribution in [0.1, 0.15) is 43.8 Å². The lowest BCUT2D eigenvalue weighted by atomic mass is 10.0. The maximum Gasteiger partial charge on any atom is 0.219 e. The smallest absolute Gasteiger partial charge is 0.219 e. The zero-order valence-corrected chi connectivity index (χ0v) is 22.6. The van der Waals surface area contributed by atoms with Gasteiger partial charge in [0.15, 0.2) is 17.4 Å². The second kappa shape index (κ2) is 10.5. The Bertz CT molecular complexity index is 1470. The highest BCUT2D eigenvalue weighted by Crippen LogP contribution is 2.36. The van der Waals surface area contributed by atoms with Gasteiger partial charge in [-0.1, -0.05) is 0 Å². The number of halogens is 2. The predicted molar refractivity (Wildman–Crippen MR) is 141 cm³/mol. The van der Waals surface area contributed by atoms with Crippen molar-refractivity contribution in [2.45, 2.75) is 58.8 Å². The maximum absolute atomic E-state index is 14.2. The number of ether oxygens (including phenoxy) is 1. The minimum absolute atomic E-state index is 0.00208. The third kappa shape index (κ3) is 4.98. The average Bonchev–Trinajstić information content (AvgIpc) is 3.37. The van der Waals surface area contributed by atoms with Crippen LogP contribution in [-0.2, 0) is 35.6 Å². The zero-order valence-electron chi connectivity index (χ0n) is 22.6. The number of fused-ring (bicyclic) bond motifs is 2. The van der Waals surface area contributed by atoms with Gasteiger partial charge in [-0.25, -0.2) is 18.7 Å². The van der Waals surface area contributed by atoms with E-state index in [1.807, 2.05) is 4.68 Å². The molecule has 0 atom stereocenters. The summed E-state index contributed by atoms with van der Waals surface area (Å²) in [5, 5.41) is 4.59. The standard InChI is InChI=1S/C28H31F2N7O3/c1-17(38)35-10-7-23-24(15-35)32-27(21-14-31-37-12-11-36(18(2)39)16-25(21)37)28(33-23)34-8-5-20(6-9-34)40-26-4-3-19(29)13-22(26)30/h3-4,13-14,20H,5-12,15-16H2,1-2H3. The molecule has 12 heteroatoms. The Morgan fingerprint density at radius 3 is 2.40 bits per heavy atom. The van der Waals surface area contributed by atoms with Crippen LogP contribution < -0.4 is 9.64 Å². The lowest BCUT2D eigenvalue weighted by Gasteiger charge is -2.35. The van der Waals surface area contributed by atoms with Gasteiger partial charge in [0.1, 0.15) is 17.6 Å². The molecule has 0 bridgehead atoms. The van der Waals surface area contributed by atoms with Crippen molar-refractivity contribution in [1.29, 1.82) is 0 Å². The van der Waals surface area contributed by atoms with E-state index in [0.29, 0.717) is 70.8 Å². The molecular weight excluding hydrogens is 520 g/mol. The Morgan fingerprint density at radius 1 is 0.925 bits per heavy atom. The van der Waals surface area contributed by atoms with Crippen LogP contribution in [0.4, 0.5) is 14.6 Å². The fraction of sp³-hybridized carbons (Fsp3) is 0.464. The van der Waals surface area contributed by atoms with Gasteiger partial charge in [0.25, 0.3) is 0 Å². The number of hydrogen-bond donors (Lipinski definition) is 0. The second-order valence-corrected chi connectivity index (χ2v) is 10.5. The molecule has 3 aromatic rings. The lowest BCUT2D eigenvalue weighted by Crippen LogP contribution is -2.40. The van der Waals surface area contributed by atoms with Crippen molar-refractivity contribution in [3.63, 3.8) is 0 Å². The molecule has 10 nitrogen and oxygen atoms in total. The minimum Gasteiger partial charge on any atom is -0.487 e. The van der Waals surface area contributed by atoms with E-state index < -0.39 is 11.6 Å². The Labute approximate surface area is 230 Å². The monoisotopic (exact) mass is 551 g/mol. The predicted octanol–water partition coefficient (Wildman–Crippen LogP) is 2.93. The molecule has 2 amide bonds. The molecule has 1 fully saturated rings. The van der Waals surface area contributed by atoms with Crippen molar-refractivity contribution in [1.82, 2.24) is 29.5 Å². The molecule has 40 heavy (non-hydrogen) atoms. The molecule has 5 heterocycles. The van der Waals surface area contributed by atoms with E-state index in [-0.39, 0.29) is 23.7 Å². The second-order valence-electron chi connectivity index (χ2n) is 10.5. The molecule has 1 aromatic carbocycles. The average molecular weight is 552 g/mol. The number of hydrogen-bond acceptors (Lipinski definition) is 7. The van der Waals surface area contributed by atoms with E-state index in [0.717, 1.165) is 34.5 Å². The van der Waals surface area contributed by atoms with Gasteiger partial charge < -0.3 is 19.4 Å². The SMILES string of the molecule is CC(=O)N1CCc2nc(N3CCC(Oc4ccc(F)cc4F)CC3)c(-c3cnn4c3CN(C(C)=O)CC4)nc2C1. The highest BCUT2D eigenvalue weighted by molar-refractivity contribution is 5.77. The van der Waals surface area contributed by atoms with Crippen molar-refractivity contribution >= 4 is 17.6 Å². The molecule has 0 N–H and O–H groups in total. The van der Waals surface area contributed by atoms with Crippen LogP contribution in [0.5, 0.6) is 5.75 Å². The summed E-state index contributed by atoms with van der Waals surface area (Å²) in [6, 6.07) is 3.34. The summed E-state index contributed by atoms with van der Waals surface area (Å²) in [6.07, 6.45) is 3.43. The minimum atomic E-state index is -0.713. The van der Waals surface area contributed by atoms with Crippen LogP contribution in [-0.4, -0.2) is 73.6 Å². The van der Waals surface area contributed by atoms with E-state index in [1.54, 1.807) is 29.8 Å². The molecule has 0 unspecified atom stereocenters. The van der Waals surface area contributed by atoms with E-state index >= 15 is 0 Å². The third-order valence-corrected chi connectivity index (χ3v) is 7.94. The van der Waals surface area contributed by atoms with Gasteiger partial charge in [-0.15, -0.1) is 0 Å². The molecular formula is C28H31F2N7O3. The topological polar surface area (TPSA) is 96.7 Å². The van der Waals surface area contributed by atoms with Crippen molar-refractivity contribution in [3.05, 3.63) is 53.1 Å². The molecule has 0 spiro atoms. The summed E-state index contributed by atoms with van der Waals surface area (Å²) in [5.74, 6) is -0.568. The first-order valence-corrected chi connectivity index (χ1v) is 13.6. The number of nitrogens with zero attached hydrogens (tertiary/aromatic N) is 7. The highest BCUT2D eigenvalue weighted by Gasteiger charge is 2.31. The van der Waals surface area contributed by atoms with E-state index in [9.17, 15) is 18.4 Å².